The van der Waals surface area contributed by atoms with Crippen molar-refractivity contribution in [2.24, 2.45) is 0 Å². The Balaban J connectivity index is 2.32. The Morgan fingerprint density at radius 1 is 1.53 bits per heavy atom. The number of nitrogens with zero attached hydrogens (tertiary/aromatic N) is 1. The highest BCUT2D eigenvalue weighted by atomic mass is 16.5. The fourth-order valence-corrected chi connectivity index (χ4v) is 2.22. The average Bonchev–Trinajstić information content (AvgIpc) is 2.39. The van der Waals surface area contributed by atoms with E-state index in [1.54, 1.807) is 29.2 Å². The van der Waals surface area contributed by atoms with Gasteiger partial charge in [-0.25, -0.2) is 0 Å². The zero-order valence-corrected chi connectivity index (χ0v) is 10.8. The molecule has 102 valence electrons. The van der Waals surface area contributed by atoms with E-state index in [9.17, 15) is 9.59 Å². The number of carbonyl (C=O) groups is 2. The zero-order valence-electron chi connectivity index (χ0n) is 10.8. The number of aliphatic hydroxyl groups is 1. The molecule has 0 bridgehead atoms. The van der Waals surface area contributed by atoms with Crippen molar-refractivity contribution < 1.29 is 19.4 Å². The third-order valence-corrected chi connectivity index (χ3v) is 3.16. The quantitative estimate of drug-likeness (QED) is 0.823. The summed E-state index contributed by atoms with van der Waals surface area (Å²) in [6.07, 6.45) is 0.454. The molecule has 19 heavy (non-hydrogen) atoms. The Morgan fingerprint density at radius 3 is 3.00 bits per heavy atom. The maximum Gasteiger partial charge on any atom is 0.253 e. The predicted octanol–water partition coefficient (Wildman–Crippen LogP) is 1.00. The van der Waals surface area contributed by atoms with E-state index in [1.165, 1.54) is 6.92 Å². The van der Waals surface area contributed by atoms with Gasteiger partial charge in [0, 0.05) is 17.9 Å². The maximum atomic E-state index is 12.0. The number of hydrogen-bond acceptors (Lipinski definition) is 4. The molecular formula is C14H17NO4. The number of anilines is 1. The number of ether oxygens (including phenoxy) is 1. The molecule has 1 saturated heterocycles. The van der Waals surface area contributed by atoms with Crippen molar-refractivity contribution in [2.45, 2.75) is 19.4 Å². The van der Waals surface area contributed by atoms with Gasteiger partial charge in [-0.05, 0) is 25.5 Å². The first-order chi connectivity index (χ1) is 9.13. The molecule has 0 spiro atoms. The predicted molar refractivity (Wildman–Crippen MR) is 70.2 cm³/mol. The lowest BCUT2D eigenvalue weighted by molar-refractivity contribution is -0.127. The van der Waals surface area contributed by atoms with Crippen LogP contribution in [-0.2, 0) is 9.53 Å². The summed E-state index contributed by atoms with van der Waals surface area (Å²) in [6.45, 7) is 1.92. The van der Waals surface area contributed by atoms with E-state index >= 15 is 0 Å². The molecule has 2 rings (SSSR count). The van der Waals surface area contributed by atoms with Crippen molar-refractivity contribution in [3.05, 3.63) is 29.8 Å². The Bertz CT molecular complexity index is 484. The lowest BCUT2D eigenvalue weighted by atomic mass is 10.1. The van der Waals surface area contributed by atoms with Crippen LogP contribution < -0.4 is 4.90 Å². The fraction of sp³-hybridized carbons (Fsp3) is 0.429. The highest BCUT2D eigenvalue weighted by Gasteiger charge is 2.29. The number of morpholine rings is 1. The first-order valence-electron chi connectivity index (χ1n) is 6.25. The van der Waals surface area contributed by atoms with Crippen LogP contribution in [0.1, 0.15) is 23.7 Å². The summed E-state index contributed by atoms with van der Waals surface area (Å²) in [5.41, 5.74) is 1.25. The topological polar surface area (TPSA) is 66.8 Å². The molecular weight excluding hydrogens is 246 g/mol. The number of ketones is 1. The molecule has 1 aromatic rings. The second-order valence-corrected chi connectivity index (χ2v) is 4.55. The van der Waals surface area contributed by atoms with Crippen molar-refractivity contribution in [3.8, 4) is 0 Å². The van der Waals surface area contributed by atoms with Gasteiger partial charge < -0.3 is 14.7 Å². The smallest absolute Gasteiger partial charge is 0.253 e. The molecule has 1 fully saturated rings. The highest BCUT2D eigenvalue weighted by molar-refractivity contribution is 5.99. The monoisotopic (exact) mass is 263 g/mol. The number of benzene rings is 1. The van der Waals surface area contributed by atoms with Crippen molar-refractivity contribution in [1.82, 2.24) is 0 Å². The molecule has 5 nitrogen and oxygen atoms in total. The molecule has 0 radical (unpaired) electrons. The minimum Gasteiger partial charge on any atom is -0.396 e. The molecule has 1 N–H and O–H groups in total. The highest BCUT2D eigenvalue weighted by Crippen LogP contribution is 2.23. The van der Waals surface area contributed by atoms with Crippen molar-refractivity contribution >= 4 is 17.4 Å². The molecule has 0 aliphatic carbocycles. The standard InChI is InChI=1S/C14H17NO4/c1-10(17)11-3-2-4-12(7-11)15-13(5-6-16)8-19-9-14(15)18/h2-4,7,13,16H,5-6,8-9H2,1H3. The summed E-state index contributed by atoms with van der Waals surface area (Å²) in [5, 5.41) is 9.06. The largest absolute Gasteiger partial charge is 0.396 e. The van der Waals surface area contributed by atoms with Crippen LogP contribution in [0.25, 0.3) is 0 Å². The van der Waals surface area contributed by atoms with Crippen molar-refractivity contribution in [3.63, 3.8) is 0 Å². The SMILES string of the molecule is CC(=O)c1cccc(N2C(=O)COCC2CCO)c1. The number of hydrogen-bond donors (Lipinski definition) is 1. The minimum absolute atomic E-state index is 0.00972. The van der Waals surface area contributed by atoms with Gasteiger partial charge in [0.1, 0.15) is 6.61 Å². The van der Waals surface area contributed by atoms with E-state index in [4.69, 9.17) is 9.84 Å². The normalized spacial score (nSPS) is 19.6. The molecule has 1 aromatic carbocycles. The summed E-state index contributed by atoms with van der Waals surface area (Å²) in [6, 6.07) is 6.78. The molecule has 0 saturated carbocycles. The lowest BCUT2D eigenvalue weighted by Gasteiger charge is -2.35. The second-order valence-electron chi connectivity index (χ2n) is 4.55. The Hall–Kier alpha value is -1.72. The fourth-order valence-electron chi connectivity index (χ4n) is 2.22. The number of Topliss-reactive ketones (excluding diaryl/α,β-unsaturated/α-hetero) is 1. The van der Waals surface area contributed by atoms with Crippen LogP contribution in [0.15, 0.2) is 24.3 Å². The Labute approximate surface area is 111 Å². The minimum atomic E-state index is -0.187. The molecule has 1 unspecified atom stereocenters. The van der Waals surface area contributed by atoms with Gasteiger partial charge in [-0.1, -0.05) is 12.1 Å². The number of aliphatic hydroxyl groups excluding tert-OH is 1. The summed E-state index contributed by atoms with van der Waals surface area (Å²) in [4.78, 5) is 25.0. The van der Waals surface area contributed by atoms with Gasteiger partial charge in [-0.15, -0.1) is 0 Å². The number of rotatable bonds is 4. The van der Waals surface area contributed by atoms with Crippen LogP contribution in [0, 0.1) is 0 Å². The van der Waals surface area contributed by atoms with Gasteiger partial charge in [0.05, 0.1) is 12.6 Å². The van der Waals surface area contributed by atoms with Gasteiger partial charge in [-0.2, -0.15) is 0 Å². The summed E-state index contributed by atoms with van der Waals surface area (Å²) < 4.78 is 5.21. The number of amides is 1. The van der Waals surface area contributed by atoms with Crippen LogP contribution in [0.3, 0.4) is 0 Å². The lowest BCUT2D eigenvalue weighted by Crippen LogP contribution is -2.50. The van der Waals surface area contributed by atoms with Gasteiger partial charge in [-0.3, -0.25) is 9.59 Å². The first kappa shape index (κ1) is 13.7. The van der Waals surface area contributed by atoms with E-state index in [0.29, 0.717) is 24.3 Å². The van der Waals surface area contributed by atoms with Crippen LogP contribution >= 0.6 is 0 Å². The van der Waals surface area contributed by atoms with Gasteiger partial charge in [0.15, 0.2) is 5.78 Å². The molecule has 1 atom stereocenters. The van der Waals surface area contributed by atoms with E-state index in [-0.39, 0.29) is 30.9 Å². The number of carbonyl (C=O) groups excluding carboxylic acids is 2. The van der Waals surface area contributed by atoms with E-state index < -0.39 is 0 Å². The third-order valence-electron chi connectivity index (χ3n) is 3.16. The molecule has 1 amide bonds. The molecule has 1 aliphatic heterocycles. The van der Waals surface area contributed by atoms with Crippen molar-refractivity contribution in [2.75, 3.05) is 24.7 Å². The summed E-state index contributed by atoms with van der Waals surface area (Å²) in [7, 11) is 0. The van der Waals surface area contributed by atoms with Gasteiger partial charge in [0.2, 0.25) is 0 Å². The third kappa shape index (κ3) is 3.00. The van der Waals surface area contributed by atoms with Crippen LogP contribution in [-0.4, -0.2) is 42.7 Å². The van der Waals surface area contributed by atoms with Crippen LogP contribution in [0.4, 0.5) is 5.69 Å². The van der Waals surface area contributed by atoms with E-state index in [1.807, 2.05) is 0 Å². The van der Waals surface area contributed by atoms with E-state index in [2.05, 4.69) is 0 Å². The summed E-state index contributed by atoms with van der Waals surface area (Å²) in [5.74, 6) is -0.188. The average molecular weight is 263 g/mol. The second kappa shape index (κ2) is 5.95. The Kier molecular flexibility index (Phi) is 4.29. The van der Waals surface area contributed by atoms with Crippen LogP contribution in [0.2, 0.25) is 0 Å². The van der Waals surface area contributed by atoms with Crippen LogP contribution in [0.5, 0.6) is 0 Å². The van der Waals surface area contributed by atoms with Gasteiger partial charge in [0.25, 0.3) is 5.91 Å². The Morgan fingerprint density at radius 2 is 2.32 bits per heavy atom. The molecule has 1 heterocycles. The molecule has 0 aromatic heterocycles. The first-order valence-corrected chi connectivity index (χ1v) is 6.25. The molecule has 1 aliphatic rings. The molecule has 5 heteroatoms. The van der Waals surface area contributed by atoms with E-state index in [0.717, 1.165) is 0 Å². The zero-order chi connectivity index (χ0) is 13.8. The maximum absolute atomic E-state index is 12.0. The van der Waals surface area contributed by atoms with Crippen molar-refractivity contribution in [1.29, 1.82) is 0 Å². The summed E-state index contributed by atoms with van der Waals surface area (Å²) >= 11 is 0. The van der Waals surface area contributed by atoms with Gasteiger partial charge >= 0.3 is 0 Å².